The monoisotopic (exact) mass is 426 g/mol. The minimum atomic E-state index is -0.174. The molecule has 1 aliphatic heterocycles. The molecule has 3 heterocycles. The topological polar surface area (TPSA) is 68.8 Å². The molecular weight excluding hydrogens is 400 g/mol. The molecule has 32 heavy (non-hydrogen) atoms. The van der Waals surface area contributed by atoms with Gasteiger partial charge in [-0.15, -0.1) is 0 Å². The lowest BCUT2D eigenvalue weighted by Crippen LogP contribution is -2.33. The van der Waals surface area contributed by atoms with E-state index < -0.39 is 0 Å². The standard InChI is InChI=1S/C25H26N6O/c1-15-6-7-21(31-26-8-9-27-31)19(10-15)25(32)30-14-16(2)11-23(30)24-28-20-12-17(3)18(4)13-22(20)29(24)5/h6-10,12-13,23H,2,11,14H2,1,3-5H3. The van der Waals surface area contributed by atoms with Crippen LogP contribution in [0.5, 0.6) is 0 Å². The first kappa shape index (κ1) is 20.2. The maximum absolute atomic E-state index is 13.9. The molecule has 1 aliphatic rings. The second kappa shape index (κ2) is 7.44. The Balaban J connectivity index is 1.60. The van der Waals surface area contributed by atoms with Gasteiger partial charge in [0.1, 0.15) is 5.82 Å². The minimum absolute atomic E-state index is 0.0657. The van der Waals surface area contributed by atoms with Crippen molar-refractivity contribution in [2.45, 2.75) is 33.2 Å². The predicted octanol–water partition coefficient (Wildman–Crippen LogP) is 4.22. The van der Waals surface area contributed by atoms with E-state index in [1.54, 1.807) is 12.4 Å². The van der Waals surface area contributed by atoms with Crippen molar-refractivity contribution in [3.8, 4) is 5.69 Å². The fraction of sp³-hybridized carbons (Fsp3) is 0.280. The molecular formula is C25H26N6O. The van der Waals surface area contributed by atoms with Gasteiger partial charge in [-0.1, -0.05) is 23.8 Å². The molecule has 2 aromatic heterocycles. The number of rotatable bonds is 3. The summed E-state index contributed by atoms with van der Waals surface area (Å²) in [6, 6.07) is 9.87. The molecule has 0 aliphatic carbocycles. The Kier molecular flexibility index (Phi) is 4.69. The lowest BCUT2D eigenvalue weighted by Gasteiger charge is -2.25. The minimum Gasteiger partial charge on any atom is -0.329 e. The van der Waals surface area contributed by atoms with E-state index >= 15 is 0 Å². The molecule has 4 aromatic rings. The van der Waals surface area contributed by atoms with Gasteiger partial charge in [0.15, 0.2) is 0 Å². The van der Waals surface area contributed by atoms with Gasteiger partial charge in [-0.2, -0.15) is 15.0 Å². The van der Waals surface area contributed by atoms with E-state index in [0.717, 1.165) is 28.0 Å². The highest BCUT2D eigenvalue weighted by Crippen LogP contribution is 2.37. The quantitative estimate of drug-likeness (QED) is 0.460. The van der Waals surface area contributed by atoms with Crippen molar-refractivity contribution >= 4 is 16.9 Å². The van der Waals surface area contributed by atoms with Gasteiger partial charge in [-0.05, 0) is 62.6 Å². The highest BCUT2D eigenvalue weighted by Gasteiger charge is 2.36. The Morgan fingerprint density at radius 2 is 1.78 bits per heavy atom. The Labute approximate surface area is 187 Å². The fourth-order valence-corrected chi connectivity index (χ4v) is 4.50. The van der Waals surface area contributed by atoms with Crippen molar-refractivity contribution in [2.24, 2.45) is 7.05 Å². The first-order chi connectivity index (χ1) is 15.3. The van der Waals surface area contributed by atoms with Crippen LogP contribution < -0.4 is 0 Å². The fourth-order valence-electron chi connectivity index (χ4n) is 4.50. The molecule has 7 nitrogen and oxygen atoms in total. The van der Waals surface area contributed by atoms with Crippen LogP contribution in [0.25, 0.3) is 16.7 Å². The van der Waals surface area contributed by atoms with E-state index in [0.29, 0.717) is 24.2 Å². The SMILES string of the molecule is C=C1CC(c2nc3cc(C)c(C)cc3n2C)N(C(=O)c2cc(C)ccc2-n2nccn2)C1. The number of imidazole rings is 1. The van der Waals surface area contributed by atoms with E-state index in [9.17, 15) is 4.79 Å². The Morgan fingerprint density at radius 3 is 2.53 bits per heavy atom. The maximum atomic E-state index is 13.9. The van der Waals surface area contributed by atoms with E-state index in [-0.39, 0.29) is 11.9 Å². The normalized spacial score (nSPS) is 16.3. The van der Waals surface area contributed by atoms with E-state index in [1.165, 1.54) is 15.9 Å². The molecule has 1 saturated heterocycles. The zero-order valence-electron chi connectivity index (χ0n) is 18.8. The number of amides is 1. The number of nitrogens with zero attached hydrogens (tertiary/aromatic N) is 6. The van der Waals surface area contributed by atoms with Crippen LogP contribution in [0.15, 0.2) is 54.9 Å². The molecule has 1 fully saturated rings. The summed E-state index contributed by atoms with van der Waals surface area (Å²) in [6.07, 6.45) is 3.91. The average molecular weight is 427 g/mol. The van der Waals surface area contributed by atoms with Gasteiger partial charge < -0.3 is 9.47 Å². The summed E-state index contributed by atoms with van der Waals surface area (Å²) in [5, 5.41) is 8.48. The molecule has 0 N–H and O–H groups in total. The molecule has 5 rings (SSSR count). The second-order valence-corrected chi connectivity index (χ2v) is 8.70. The van der Waals surface area contributed by atoms with Crippen LogP contribution in [-0.4, -0.2) is 41.9 Å². The molecule has 2 aromatic carbocycles. The summed E-state index contributed by atoms with van der Waals surface area (Å²) in [5.74, 6) is 0.812. The second-order valence-electron chi connectivity index (χ2n) is 8.70. The molecule has 0 bridgehead atoms. The third-order valence-electron chi connectivity index (χ3n) is 6.36. The molecule has 1 amide bonds. The zero-order chi connectivity index (χ0) is 22.6. The molecule has 162 valence electrons. The highest BCUT2D eigenvalue weighted by atomic mass is 16.2. The number of carbonyl (C=O) groups excluding carboxylic acids is 1. The third-order valence-corrected chi connectivity index (χ3v) is 6.36. The van der Waals surface area contributed by atoms with Crippen LogP contribution in [0.3, 0.4) is 0 Å². The largest absolute Gasteiger partial charge is 0.329 e. The highest BCUT2D eigenvalue weighted by molar-refractivity contribution is 5.98. The summed E-state index contributed by atoms with van der Waals surface area (Å²) < 4.78 is 2.11. The van der Waals surface area contributed by atoms with Crippen LogP contribution >= 0.6 is 0 Å². The Hall–Kier alpha value is -3.74. The number of hydrogen-bond donors (Lipinski definition) is 0. The Morgan fingerprint density at radius 1 is 1.06 bits per heavy atom. The molecule has 0 saturated carbocycles. The van der Waals surface area contributed by atoms with Gasteiger partial charge in [0.25, 0.3) is 5.91 Å². The first-order valence-corrected chi connectivity index (χ1v) is 10.7. The number of aryl methyl sites for hydroxylation is 4. The molecule has 7 heteroatoms. The summed E-state index contributed by atoms with van der Waals surface area (Å²) in [7, 11) is 2.02. The zero-order valence-corrected chi connectivity index (χ0v) is 18.8. The lowest BCUT2D eigenvalue weighted by atomic mass is 10.1. The smallest absolute Gasteiger partial charge is 0.257 e. The van der Waals surface area contributed by atoms with E-state index in [4.69, 9.17) is 4.98 Å². The van der Waals surface area contributed by atoms with Gasteiger partial charge in [-0.25, -0.2) is 4.98 Å². The molecule has 1 unspecified atom stereocenters. The van der Waals surface area contributed by atoms with Gasteiger partial charge in [0.2, 0.25) is 0 Å². The van der Waals surface area contributed by atoms with Gasteiger partial charge in [0, 0.05) is 13.6 Å². The van der Waals surface area contributed by atoms with Crippen LogP contribution in [0.1, 0.15) is 45.3 Å². The van der Waals surface area contributed by atoms with Crippen molar-refractivity contribution in [3.05, 3.63) is 83.0 Å². The summed E-state index contributed by atoms with van der Waals surface area (Å²) in [4.78, 5) is 22.2. The van der Waals surface area contributed by atoms with Gasteiger partial charge in [-0.3, -0.25) is 4.79 Å². The number of carbonyl (C=O) groups is 1. The van der Waals surface area contributed by atoms with E-state index in [2.05, 4.69) is 47.3 Å². The van der Waals surface area contributed by atoms with Crippen molar-refractivity contribution in [2.75, 3.05) is 6.54 Å². The van der Waals surface area contributed by atoms with Crippen LogP contribution in [0.2, 0.25) is 0 Å². The summed E-state index contributed by atoms with van der Waals surface area (Å²) >= 11 is 0. The Bertz CT molecular complexity index is 1370. The molecule has 0 spiro atoms. The van der Waals surface area contributed by atoms with Crippen LogP contribution in [-0.2, 0) is 7.05 Å². The lowest BCUT2D eigenvalue weighted by molar-refractivity contribution is 0.0730. The number of benzene rings is 2. The van der Waals surface area contributed by atoms with Gasteiger partial charge >= 0.3 is 0 Å². The van der Waals surface area contributed by atoms with Crippen LogP contribution in [0.4, 0.5) is 0 Å². The van der Waals surface area contributed by atoms with Crippen molar-refractivity contribution in [1.82, 2.24) is 29.4 Å². The maximum Gasteiger partial charge on any atom is 0.257 e. The number of fused-ring (bicyclic) bond motifs is 1. The molecule has 1 atom stereocenters. The number of hydrogen-bond acceptors (Lipinski definition) is 4. The average Bonchev–Trinajstić information content (AvgIpc) is 3.49. The van der Waals surface area contributed by atoms with Crippen LogP contribution in [0, 0.1) is 20.8 Å². The van der Waals surface area contributed by atoms with E-state index in [1.807, 2.05) is 37.1 Å². The van der Waals surface area contributed by atoms with Crippen molar-refractivity contribution in [1.29, 1.82) is 0 Å². The number of likely N-dealkylation sites (tertiary alicyclic amines) is 1. The third kappa shape index (κ3) is 3.21. The molecule has 0 radical (unpaired) electrons. The first-order valence-electron chi connectivity index (χ1n) is 10.7. The summed E-state index contributed by atoms with van der Waals surface area (Å²) in [5.41, 5.74) is 7.73. The summed E-state index contributed by atoms with van der Waals surface area (Å²) in [6.45, 7) is 10.9. The van der Waals surface area contributed by atoms with Gasteiger partial charge in [0.05, 0.1) is 40.7 Å². The number of aromatic nitrogens is 5. The van der Waals surface area contributed by atoms with Crippen molar-refractivity contribution in [3.63, 3.8) is 0 Å². The van der Waals surface area contributed by atoms with Crippen molar-refractivity contribution < 1.29 is 4.79 Å². The predicted molar refractivity (Wildman–Crippen MR) is 124 cm³/mol.